The molecule has 6 nitrogen and oxygen atoms in total. The van der Waals surface area contributed by atoms with Gasteiger partial charge < -0.3 is 19.8 Å². The van der Waals surface area contributed by atoms with Gasteiger partial charge >= 0.3 is 0 Å². The number of hydrogen-bond donors (Lipinski definition) is 2. The van der Waals surface area contributed by atoms with E-state index in [4.69, 9.17) is 16.3 Å². The highest BCUT2D eigenvalue weighted by Gasteiger charge is 2.46. The van der Waals surface area contributed by atoms with Crippen molar-refractivity contribution in [3.63, 3.8) is 0 Å². The van der Waals surface area contributed by atoms with Crippen LogP contribution in [0.4, 0.5) is 4.39 Å². The minimum absolute atomic E-state index is 0.0791. The molecule has 1 aliphatic heterocycles. The molecule has 35 heavy (non-hydrogen) atoms. The minimum Gasteiger partial charge on any atom is -0.507 e. The van der Waals surface area contributed by atoms with Gasteiger partial charge in [-0.1, -0.05) is 29.8 Å². The summed E-state index contributed by atoms with van der Waals surface area (Å²) in [5.41, 5.74) is 1.52. The maximum absolute atomic E-state index is 13.3. The van der Waals surface area contributed by atoms with E-state index in [2.05, 4.69) is 0 Å². The molecule has 0 radical (unpaired) electrons. The maximum Gasteiger partial charge on any atom is 0.295 e. The Kier molecular flexibility index (Phi) is 7.07. The summed E-state index contributed by atoms with van der Waals surface area (Å²) >= 11 is 5.96. The highest BCUT2D eigenvalue weighted by Crippen LogP contribution is 2.42. The first-order valence-corrected chi connectivity index (χ1v) is 11.4. The number of aromatic hydroxyl groups is 1. The van der Waals surface area contributed by atoms with Crippen molar-refractivity contribution < 1.29 is 28.9 Å². The van der Waals surface area contributed by atoms with Gasteiger partial charge in [-0.3, -0.25) is 9.59 Å². The molecule has 1 aliphatic rings. The van der Waals surface area contributed by atoms with Crippen molar-refractivity contribution in [1.82, 2.24) is 4.90 Å². The molecular weight excluding hydrogens is 473 g/mol. The highest BCUT2D eigenvalue weighted by atomic mass is 35.5. The van der Waals surface area contributed by atoms with Crippen molar-refractivity contribution in [2.45, 2.75) is 19.4 Å². The molecule has 1 saturated heterocycles. The number of carbonyl (C=O) groups excluding carboxylic acids is 2. The Morgan fingerprint density at radius 2 is 1.74 bits per heavy atom. The van der Waals surface area contributed by atoms with Crippen LogP contribution in [0, 0.1) is 5.82 Å². The standard InChI is InChI=1S/C27H23ClFNO5/c1-2-35-22-15-18(7-12-21(22)31)24-23(25(32)17-5-8-19(28)9-6-17)26(33)27(34)30(24)14-13-16-3-10-20(29)11-4-16/h3-12,15,24,31-32H,2,13-14H2,1H3/b25-23-. The number of phenolic OH excluding ortho intramolecular Hbond substituents is 1. The number of aliphatic hydroxyl groups excluding tert-OH is 1. The van der Waals surface area contributed by atoms with Crippen LogP contribution in [-0.4, -0.2) is 40.0 Å². The first kappa shape index (κ1) is 24.3. The summed E-state index contributed by atoms with van der Waals surface area (Å²) < 4.78 is 18.8. The van der Waals surface area contributed by atoms with Gasteiger partial charge in [0.05, 0.1) is 18.2 Å². The third-order valence-electron chi connectivity index (χ3n) is 5.81. The van der Waals surface area contributed by atoms with E-state index in [1.54, 1.807) is 55.5 Å². The van der Waals surface area contributed by atoms with E-state index in [0.29, 0.717) is 29.2 Å². The van der Waals surface area contributed by atoms with Crippen LogP contribution in [0.1, 0.15) is 29.7 Å². The van der Waals surface area contributed by atoms with Gasteiger partial charge in [-0.2, -0.15) is 0 Å². The first-order chi connectivity index (χ1) is 16.8. The highest BCUT2D eigenvalue weighted by molar-refractivity contribution is 6.46. The zero-order valence-corrected chi connectivity index (χ0v) is 19.6. The van der Waals surface area contributed by atoms with Crippen LogP contribution < -0.4 is 4.74 Å². The molecule has 1 atom stereocenters. The number of carbonyl (C=O) groups is 2. The monoisotopic (exact) mass is 495 g/mol. The number of amides is 1. The number of aliphatic hydroxyl groups is 1. The van der Waals surface area contributed by atoms with Gasteiger partial charge in [-0.25, -0.2) is 4.39 Å². The number of nitrogens with zero attached hydrogens (tertiary/aromatic N) is 1. The zero-order valence-electron chi connectivity index (χ0n) is 18.9. The third-order valence-corrected chi connectivity index (χ3v) is 6.06. The van der Waals surface area contributed by atoms with Crippen molar-refractivity contribution >= 4 is 29.1 Å². The summed E-state index contributed by atoms with van der Waals surface area (Å²) in [5.74, 6) is -2.19. The largest absolute Gasteiger partial charge is 0.507 e. The van der Waals surface area contributed by atoms with Gasteiger partial charge in [-0.05, 0) is 73.0 Å². The summed E-state index contributed by atoms with van der Waals surface area (Å²) in [4.78, 5) is 27.6. The van der Waals surface area contributed by atoms with E-state index < -0.39 is 17.7 Å². The molecule has 0 aliphatic carbocycles. The fourth-order valence-electron chi connectivity index (χ4n) is 4.09. The number of phenols is 1. The van der Waals surface area contributed by atoms with Gasteiger partial charge in [-0.15, -0.1) is 0 Å². The Balaban J connectivity index is 1.80. The molecule has 3 aromatic carbocycles. The molecule has 180 valence electrons. The number of ether oxygens (including phenoxy) is 1. The average Bonchev–Trinajstić information content (AvgIpc) is 3.10. The average molecular weight is 496 g/mol. The second-order valence-electron chi connectivity index (χ2n) is 8.04. The zero-order chi connectivity index (χ0) is 25.1. The topological polar surface area (TPSA) is 87.1 Å². The fourth-order valence-corrected chi connectivity index (χ4v) is 4.22. The summed E-state index contributed by atoms with van der Waals surface area (Å²) in [6.07, 6.45) is 0.362. The normalized spacial score (nSPS) is 17.1. The lowest BCUT2D eigenvalue weighted by molar-refractivity contribution is -0.139. The van der Waals surface area contributed by atoms with Crippen molar-refractivity contribution in [3.05, 3.63) is 99.8 Å². The van der Waals surface area contributed by atoms with Crippen molar-refractivity contribution in [3.8, 4) is 11.5 Å². The molecule has 0 bridgehead atoms. The number of halogens is 2. The van der Waals surface area contributed by atoms with Crippen LogP contribution in [0.2, 0.25) is 5.02 Å². The van der Waals surface area contributed by atoms with E-state index in [1.807, 2.05) is 0 Å². The number of ketones is 1. The van der Waals surface area contributed by atoms with Crippen LogP contribution in [-0.2, 0) is 16.0 Å². The number of Topliss-reactive ketones (excluding diaryl/α,β-unsaturated/α-hetero) is 1. The van der Waals surface area contributed by atoms with Gasteiger partial charge in [0.25, 0.3) is 11.7 Å². The second-order valence-corrected chi connectivity index (χ2v) is 8.47. The molecule has 0 saturated carbocycles. The maximum atomic E-state index is 13.3. The van der Waals surface area contributed by atoms with E-state index in [0.717, 1.165) is 5.56 Å². The Morgan fingerprint density at radius 3 is 2.40 bits per heavy atom. The molecule has 1 amide bonds. The lowest BCUT2D eigenvalue weighted by atomic mass is 9.95. The molecule has 1 unspecified atom stereocenters. The molecule has 2 N–H and O–H groups in total. The van der Waals surface area contributed by atoms with Crippen LogP contribution in [0.25, 0.3) is 5.76 Å². The first-order valence-electron chi connectivity index (χ1n) is 11.0. The van der Waals surface area contributed by atoms with Gasteiger partial charge in [0, 0.05) is 17.1 Å². The summed E-state index contributed by atoms with van der Waals surface area (Å²) in [6.45, 7) is 2.21. The summed E-state index contributed by atoms with van der Waals surface area (Å²) in [5, 5.41) is 21.7. The Morgan fingerprint density at radius 1 is 1.06 bits per heavy atom. The van der Waals surface area contributed by atoms with Crippen LogP contribution in [0.3, 0.4) is 0 Å². The Hall–Kier alpha value is -3.84. The lowest BCUT2D eigenvalue weighted by Gasteiger charge is -2.26. The quantitative estimate of drug-likeness (QED) is 0.266. The second kappa shape index (κ2) is 10.2. The van der Waals surface area contributed by atoms with E-state index in [-0.39, 0.29) is 35.2 Å². The Labute approximate surface area is 206 Å². The van der Waals surface area contributed by atoms with Crippen molar-refractivity contribution in [2.24, 2.45) is 0 Å². The SMILES string of the molecule is CCOc1cc(C2/C(=C(/O)c3ccc(Cl)cc3)C(=O)C(=O)N2CCc2ccc(F)cc2)ccc1O. The molecule has 1 heterocycles. The fraction of sp³-hybridized carbons (Fsp3) is 0.185. The number of likely N-dealkylation sites (tertiary alicyclic amines) is 1. The number of hydrogen-bond acceptors (Lipinski definition) is 5. The van der Waals surface area contributed by atoms with Gasteiger partial charge in [0.1, 0.15) is 11.6 Å². The number of rotatable bonds is 7. The summed E-state index contributed by atoms with van der Waals surface area (Å²) in [7, 11) is 0. The van der Waals surface area contributed by atoms with Gasteiger partial charge in [0.15, 0.2) is 11.5 Å². The van der Waals surface area contributed by atoms with Crippen LogP contribution >= 0.6 is 11.6 Å². The van der Waals surface area contributed by atoms with Crippen molar-refractivity contribution in [2.75, 3.05) is 13.2 Å². The van der Waals surface area contributed by atoms with Crippen molar-refractivity contribution in [1.29, 1.82) is 0 Å². The predicted molar refractivity (Wildman–Crippen MR) is 130 cm³/mol. The van der Waals surface area contributed by atoms with Crippen LogP contribution in [0.15, 0.2) is 72.3 Å². The molecule has 3 aromatic rings. The molecule has 8 heteroatoms. The van der Waals surface area contributed by atoms with Gasteiger partial charge in [0.2, 0.25) is 0 Å². The van der Waals surface area contributed by atoms with Crippen LogP contribution in [0.5, 0.6) is 11.5 Å². The van der Waals surface area contributed by atoms with E-state index >= 15 is 0 Å². The number of benzene rings is 3. The van der Waals surface area contributed by atoms with E-state index in [1.165, 1.54) is 23.1 Å². The molecule has 0 aromatic heterocycles. The summed E-state index contributed by atoms with van der Waals surface area (Å²) in [6, 6.07) is 15.8. The van der Waals surface area contributed by atoms with E-state index in [9.17, 15) is 24.2 Å². The lowest BCUT2D eigenvalue weighted by Crippen LogP contribution is -2.31. The Bertz CT molecular complexity index is 1290. The minimum atomic E-state index is -0.925. The third kappa shape index (κ3) is 5.00. The molecule has 0 spiro atoms. The molecular formula is C27H23ClFNO5. The predicted octanol–water partition coefficient (Wildman–Crippen LogP) is 5.25. The molecule has 4 rings (SSSR count). The molecule has 1 fully saturated rings. The smallest absolute Gasteiger partial charge is 0.295 e.